The van der Waals surface area contributed by atoms with Crippen LogP contribution in [-0.2, 0) is 0 Å². The first-order valence-electron chi connectivity index (χ1n) is 10.4. The average Bonchev–Trinajstić information content (AvgIpc) is 3.28. The summed E-state index contributed by atoms with van der Waals surface area (Å²) in [6.07, 6.45) is 23.4. The predicted octanol–water partition coefficient (Wildman–Crippen LogP) is 8.76. The van der Waals surface area contributed by atoms with E-state index in [9.17, 15) is 0 Å². The van der Waals surface area contributed by atoms with Gasteiger partial charge in [-0.25, -0.2) is 0 Å². The van der Waals surface area contributed by atoms with Gasteiger partial charge in [-0.2, -0.15) is 0 Å². The molecule has 27 heavy (non-hydrogen) atoms. The third kappa shape index (κ3) is 8.78. The van der Waals surface area contributed by atoms with Gasteiger partial charge in [0.25, 0.3) is 0 Å². The van der Waals surface area contributed by atoms with Crippen molar-refractivity contribution in [3.05, 3.63) is 71.4 Å². The van der Waals surface area contributed by atoms with Crippen LogP contribution in [0.4, 0.5) is 0 Å². The van der Waals surface area contributed by atoms with Gasteiger partial charge in [0.15, 0.2) is 0 Å². The van der Waals surface area contributed by atoms with Crippen molar-refractivity contribution in [1.82, 2.24) is 0 Å². The second-order valence-electron chi connectivity index (χ2n) is 10.7. The molecule has 0 amide bonds. The van der Waals surface area contributed by atoms with Gasteiger partial charge in [0, 0.05) is 0 Å². The Kier molecular flexibility index (Phi) is 8.33. The zero-order chi connectivity index (χ0) is 20.7. The fourth-order valence-electron chi connectivity index (χ4n) is 3.03. The van der Waals surface area contributed by atoms with E-state index in [0.717, 1.165) is 19.3 Å². The van der Waals surface area contributed by atoms with Crippen molar-refractivity contribution in [2.24, 2.45) is 16.2 Å². The molecule has 0 nitrogen and oxygen atoms in total. The smallest absolute Gasteiger partial charge is 0.0127 e. The molecule has 0 heterocycles. The molecule has 3 rings (SSSR count). The zero-order valence-corrected chi connectivity index (χ0v) is 19.3. The van der Waals surface area contributed by atoms with E-state index in [-0.39, 0.29) is 0 Å². The molecule has 0 radical (unpaired) electrons. The molecule has 0 atom stereocenters. The van der Waals surface area contributed by atoms with E-state index >= 15 is 0 Å². The van der Waals surface area contributed by atoms with Crippen molar-refractivity contribution in [3.8, 4) is 0 Å². The Bertz CT molecular complexity index is 610. The summed E-state index contributed by atoms with van der Waals surface area (Å²) < 4.78 is 0. The first kappa shape index (κ1) is 23.5. The summed E-state index contributed by atoms with van der Waals surface area (Å²) in [5.74, 6) is 0. The largest absolute Gasteiger partial charge is 0.0804 e. The molecule has 0 fully saturated rings. The third-order valence-corrected chi connectivity index (χ3v) is 5.01. The maximum absolute atomic E-state index is 2.29. The molecule has 0 aromatic carbocycles. The van der Waals surface area contributed by atoms with Crippen LogP contribution in [0.2, 0.25) is 0 Å². The van der Waals surface area contributed by atoms with Crippen molar-refractivity contribution < 1.29 is 0 Å². The topological polar surface area (TPSA) is 0 Å². The molecule has 0 N–H and O–H groups in total. The second kappa shape index (κ2) is 9.58. The second-order valence-corrected chi connectivity index (χ2v) is 10.7. The Morgan fingerprint density at radius 2 is 1.04 bits per heavy atom. The van der Waals surface area contributed by atoms with Crippen LogP contribution in [0.3, 0.4) is 0 Å². The van der Waals surface area contributed by atoms with E-state index < -0.39 is 0 Å². The minimum Gasteiger partial charge on any atom is -0.0804 e. The highest BCUT2D eigenvalue weighted by Gasteiger charge is 2.17. The third-order valence-electron chi connectivity index (χ3n) is 5.01. The Morgan fingerprint density at radius 1 is 0.593 bits per heavy atom. The first-order valence-corrected chi connectivity index (χ1v) is 10.4. The fraction of sp³-hybridized carbons (Fsp3) is 0.556. The lowest BCUT2D eigenvalue weighted by Gasteiger charge is -2.19. The lowest BCUT2D eigenvalue weighted by Crippen LogP contribution is -2.06. The number of hydrogen-bond donors (Lipinski definition) is 0. The van der Waals surface area contributed by atoms with Crippen LogP contribution in [0.1, 0.15) is 81.6 Å². The quantitative estimate of drug-likeness (QED) is 0.402. The van der Waals surface area contributed by atoms with Crippen LogP contribution in [0.25, 0.3) is 0 Å². The highest BCUT2D eigenvalue weighted by Crippen LogP contribution is 2.31. The molecule has 0 aromatic heterocycles. The van der Waals surface area contributed by atoms with E-state index in [4.69, 9.17) is 0 Å². The van der Waals surface area contributed by atoms with Crippen LogP contribution in [0.15, 0.2) is 71.4 Å². The van der Waals surface area contributed by atoms with Gasteiger partial charge in [0.1, 0.15) is 0 Å². The minimum absolute atomic E-state index is 0.354. The molecule has 0 heteroatoms. The standard InChI is InChI=1S/3C9H14/c3*1-9(2,3)8-6-4-5-7-8/h2*4,6-7H,5H2,1-3H3;4-6H,7H2,1-3H3. The van der Waals surface area contributed by atoms with Gasteiger partial charge in [-0.05, 0) is 46.7 Å². The zero-order valence-electron chi connectivity index (χ0n) is 19.3. The first-order chi connectivity index (χ1) is 12.3. The van der Waals surface area contributed by atoms with Gasteiger partial charge in [0.2, 0.25) is 0 Å². The minimum atomic E-state index is 0.354. The lowest BCUT2D eigenvalue weighted by molar-refractivity contribution is 0.496. The average molecular weight is 367 g/mol. The molecular formula is C27H42. The van der Waals surface area contributed by atoms with Crippen LogP contribution in [0, 0.1) is 16.2 Å². The van der Waals surface area contributed by atoms with E-state index in [1.807, 2.05) is 0 Å². The molecule has 0 spiro atoms. The van der Waals surface area contributed by atoms with Crippen LogP contribution in [0.5, 0.6) is 0 Å². The normalized spacial score (nSPS) is 18.3. The maximum Gasteiger partial charge on any atom is -0.0127 e. The molecule has 0 aliphatic heterocycles. The summed E-state index contributed by atoms with van der Waals surface area (Å²) in [7, 11) is 0. The molecule has 0 aromatic rings. The van der Waals surface area contributed by atoms with Crippen molar-refractivity contribution in [2.75, 3.05) is 0 Å². The predicted molar refractivity (Wildman–Crippen MR) is 124 cm³/mol. The van der Waals surface area contributed by atoms with Gasteiger partial charge in [-0.3, -0.25) is 0 Å². The summed E-state index contributed by atoms with van der Waals surface area (Å²) >= 11 is 0. The maximum atomic E-state index is 2.29. The fourth-order valence-corrected chi connectivity index (χ4v) is 3.03. The summed E-state index contributed by atoms with van der Waals surface area (Å²) in [6, 6.07) is 0. The molecule has 150 valence electrons. The highest BCUT2D eigenvalue weighted by atomic mass is 14.2. The van der Waals surface area contributed by atoms with Crippen molar-refractivity contribution in [3.63, 3.8) is 0 Å². The monoisotopic (exact) mass is 366 g/mol. The highest BCUT2D eigenvalue weighted by molar-refractivity contribution is 5.31. The van der Waals surface area contributed by atoms with Gasteiger partial charge >= 0.3 is 0 Å². The van der Waals surface area contributed by atoms with E-state index in [0.29, 0.717) is 16.2 Å². The van der Waals surface area contributed by atoms with E-state index in [2.05, 4.69) is 117 Å². The Hall–Kier alpha value is -1.56. The Balaban J connectivity index is 0.000000202. The summed E-state index contributed by atoms with van der Waals surface area (Å²) in [6.45, 7) is 20.2. The van der Waals surface area contributed by atoms with Crippen LogP contribution < -0.4 is 0 Å². The molecular weight excluding hydrogens is 324 g/mol. The number of hydrogen-bond acceptors (Lipinski definition) is 0. The lowest BCUT2D eigenvalue weighted by atomic mass is 9.86. The molecule has 0 saturated heterocycles. The van der Waals surface area contributed by atoms with Gasteiger partial charge < -0.3 is 0 Å². The number of rotatable bonds is 0. The molecule has 3 aliphatic rings. The molecule has 0 unspecified atom stereocenters. The van der Waals surface area contributed by atoms with Crippen molar-refractivity contribution in [2.45, 2.75) is 81.6 Å². The van der Waals surface area contributed by atoms with E-state index in [1.165, 1.54) is 11.1 Å². The van der Waals surface area contributed by atoms with E-state index in [1.54, 1.807) is 5.57 Å². The van der Waals surface area contributed by atoms with Gasteiger partial charge in [0.05, 0.1) is 0 Å². The van der Waals surface area contributed by atoms with Crippen molar-refractivity contribution in [1.29, 1.82) is 0 Å². The molecule has 3 aliphatic carbocycles. The Morgan fingerprint density at radius 3 is 1.19 bits per heavy atom. The van der Waals surface area contributed by atoms with Gasteiger partial charge in [-0.1, -0.05) is 123 Å². The molecule has 0 bridgehead atoms. The van der Waals surface area contributed by atoms with Crippen LogP contribution in [-0.4, -0.2) is 0 Å². The van der Waals surface area contributed by atoms with Gasteiger partial charge in [-0.15, -0.1) is 0 Å². The van der Waals surface area contributed by atoms with Crippen molar-refractivity contribution >= 4 is 0 Å². The van der Waals surface area contributed by atoms with Crippen LogP contribution >= 0.6 is 0 Å². The number of allylic oxidation sites excluding steroid dienone is 12. The summed E-state index contributed by atoms with van der Waals surface area (Å²) in [4.78, 5) is 0. The summed E-state index contributed by atoms with van der Waals surface area (Å²) in [5.41, 5.74) is 5.58. The Labute approximate surface area is 169 Å². The summed E-state index contributed by atoms with van der Waals surface area (Å²) in [5, 5.41) is 0. The SMILES string of the molecule is CC(C)(C)C1=CC=CC1.CC(C)(C)C1=CCC=C1.CC(C)(C)C1=CCC=C1. The molecule has 0 saturated carbocycles.